The van der Waals surface area contributed by atoms with Crippen molar-refractivity contribution in [1.29, 1.82) is 5.26 Å². The van der Waals surface area contributed by atoms with E-state index in [4.69, 9.17) is 9.47 Å². The van der Waals surface area contributed by atoms with Crippen molar-refractivity contribution in [3.05, 3.63) is 90.3 Å². The van der Waals surface area contributed by atoms with E-state index in [-0.39, 0.29) is 0 Å². The summed E-state index contributed by atoms with van der Waals surface area (Å²) in [5.41, 5.74) is 4.35. The molecule has 0 bridgehead atoms. The maximum absolute atomic E-state index is 9.68. The van der Waals surface area contributed by atoms with E-state index in [1.165, 1.54) is 0 Å². The SMILES string of the molecule is Cc1nc(Oc2cc(-c3ccccc3)ccc2-c2ccccc2C#N)cc(N2CCOCC2)n1. The van der Waals surface area contributed by atoms with Gasteiger partial charge in [0.05, 0.1) is 24.8 Å². The Kier molecular flexibility index (Phi) is 6.19. The lowest BCUT2D eigenvalue weighted by Crippen LogP contribution is -2.36. The van der Waals surface area contributed by atoms with Crippen molar-refractivity contribution in [2.75, 3.05) is 31.2 Å². The highest BCUT2D eigenvalue weighted by atomic mass is 16.5. The van der Waals surface area contributed by atoms with Gasteiger partial charge in [0, 0.05) is 30.3 Å². The molecule has 3 aromatic carbocycles. The van der Waals surface area contributed by atoms with Crippen LogP contribution < -0.4 is 9.64 Å². The van der Waals surface area contributed by atoms with E-state index in [9.17, 15) is 5.26 Å². The number of hydrogen-bond donors (Lipinski definition) is 0. The second-order valence-electron chi connectivity index (χ2n) is 8.05. The minimum absolute atomic E-state index is 0.467. The number of nitrogens with zero attached hydrogens (tertiary/aromatic N) is 4. The van der Waals surface area contributed by atoms with Gasteiger partial charge in [-0.25, -0.2) is 4.98 Å². The van der Waals surface area contributed by atoms with Gasteiger partial charge in [-0.2, -0.15) is 10.2 Å². The molecule has 5 rings (SSSR count). The van der Waals surface area contributed by atoms with Crippen LogP contribution in [0.1, 0.15) is 11.4 Å². The molecule has 0 N–H and O–H groups in total. The zero-order valence-corrected chi connectivity index (χ0v) is 18.9. The molecule has 168 valence electrons. The van der Waals surface area contributed by atoms with Crippen molar-refractivity contribution >= 4 is 5.82 Å². The lowest BCUT2D eigenvalue weighted by Gasteiger charge is -2.28. The molecule has 1 fully saturated rings. The molecule has 0 unspecified atom stereocenters. The second kappa shape index (κ2) is 9.74. The van der Waals surface area contributed by atoms with Gasteiger partial charge in [-0.15, -0.1) is 0 Å². The summed E-state index contributed by atoms with van der Waals surface area (Å²) >= 11 is 0. The summed E-state index contributed by atoms with van der Waals surface area (Å²) in [5.74, 6) is 2.56. The van der Waals surface area contributed by atoms with Gasteiger partial charge in [-0.05, 0) is 36.2 Å². The molecule has 0 spiro atoms. The molecule has 1 aliphatic rings. The maximum Gasteiger partial charge on any atom is 0.224 e. The largest absolute Gasteiger partial charge is 0.438 e. The highest BCUT2D eigenvalue weighted by Crippen LogP contribution is 2.38. The Balaban J connectivity index is 1.59. The van der Waals surface area contributed by atoms with Gasteiger partial charge in [0.2, 0.25) is 5.88 Å². The van der Waals surface area contributed by atoms with Gasteiger partial charge in [0.1, 0.15) is 17.4 Å². The topological polar surface area (TPSA) is 71.3 Å². The molecule has 4 aromatic rings. The van der Waals surface area contributed by atoms with Crippen LogP contribution in [-0.4, -0.2) is 36.3 Å². The van der Waals surface area contributed by atoms with Crippen LogP contribution in [0.2, 0.25) is 0 Å². The molecule has 0 amide bonds. The smallest absolute Gasteiger partial charge is 0.224 e. The van der Waals surface area contributed by atoms with Crippen molar-refractivity contribution in [2.24, 2.45) is 0 Å². The Morgan fingerprint density at radius 2 is 1.62 bits per heavy atom. The first-order valence-corrected chi connectivity index (χ1v) is 11.3. The average molecular weight is 449 g/mol. The lowest BCUT2D eigenvalue weighted by molar-refractivity contribution is 0.122. The van der Waals surface area contributed by atoms with Crippen LogP contribution in [0.4, 0.5) is 5.82 Å². The molecule has 0 saturated carbocycles. The predicted molar refractivity (Wildman–Crippen MR) is 132 cm³/mol. The zero-order chi connectivity index (χ0) is 23.3. The zero-order valence-electron chi connectivity index (χ0n) is 18.9. The first-order chi connectivity index (χ1) is 16.7. The summed E-state index contributed by atoms with van der Waals surface area (Å²) in [4.78, 5) is 11.3. The fourth-order valence-electron chi connectivity index (χ4n) is 4.10. The Morgan fingerprint density at radius 1 is 0.853 bits per heavy atom. The van der Waals surface area contributed by atoms with E-state index in [1.54, 1.807) is 0 Å². The summed E-state index contributed by atoms with van der Waals surface area (Å²) in [6.45, 7) is 4.77. The van der Waals surface area contributed by atoms with Crippen LogP contribution >= 0.6 is 0 Å². The molecule has 1 aromatic heterocycles. The van der Waals surface area contributed by atoms with Crippen molar-refractivity contribution < 1.29 is 9.47 Å². The van der Waals surface area contributed by atoms with E-state index in [2.05, 4.69) is 39.1 Å². The predicted octanol–water partition coefficient (Wildman–Crippen LogP) is 5.62. The first-order valence-electron chi connectivity index (χ1n) is 11.3. The van der Waals surface area contributed by atoms with Crippen LogP contribution in [0, 0.1) is 18.3 Å². The summed E-state index contributed by atoms with van der Waals surface area (Å²) in [5, 5.41) is 9.68. The highest BCUT2D eigenvalue weighted by Gasteiger charge is 2.17. The molecule has 0 atom stereocenters. The van der Waals surface area contributed by atoms with Gasteiger partial charge in [-0.1, -0.05) is 54.6 Å². The third kappa shape index (κ3) is 4.61. The van der Waals surface area contributed by atoms with Crippen LogP contribution in [0.25, 0.3) is 22.3 Å². The number of morpholine rings is 1. The van der Waals surface area contributed by atoms with E-state index in [0.29, 0.717) is 36.2 Å². The van der Waals surface area contributed by atoms with Crippen molar-refractivity contribution in [3.8, 4) is 40.0 Å². The molecule has 1 aliphatic heterocycles. The van der Waals surface area contributed by atoms with Gasteiger partial charge >= 0.3 is 0 Å². The molecule has 6 heteroatoms. The van der Waals surface area contributed by atoms with Gasteiger partial charge < -0.3 is 14.4 Å². The number of benzene rings is 3. The summed E-state index contributed by atoms with van der Waals surface area (Å²) in [7, 11) is 0. The number of aryl methyl sites for hydroxylation is 1. The van der Waals surface area contributed by atoms with Gasteiger partial charge in [-0.3, -0.25) is 0 Å². The lowest BCUT2D eigenvalue weighted by atomic mass is 9.96. The number of aromatic nitrogens is 2. The minimum atomic E-state index is 0.467. The summed E-state index contributed by atoms with van der Waals surface area (Å²) in [6.07, 6.45) is 0. The van der Waals surface area contributed by atoms with E-state index in [0.717, 1.165) is 41.2 Å². The first kappa shape index (κ1) is 21.6. The van der Waals surface area contributed by atoms with E-state index in [1.807, 2.05) is 67.6 Å². The molecular formula is C28H24N4O2. The van der Waals surface area contributed by atoms with Crippen LogP contribution in [0.15, 0.2) is 78.9 Å². The Bertz CT molecular complexity index is 1340. The maximum atomic E-state index is 9.68. The Hall–Kier alpha value is -4.21. The van der Waals surface area contributed by atoms with Crippen LogP contribution in [0.5, 0.6) is 11.6 Å². The standard InChI is InChI=1S/C28H24N4O2/c1-20-30-27(32-13-15-33-16-14-32)18-28(31-20)34-26-17-22(21-7-3-2-4-8-21)11-12-25(26)24-10-6-5-9-23(24)19-29/h2-12,17-18H,13-16H2,1H3. The number of hydrogen-bond acceptors (Lipinski definition) is 6. The van der Waals surface area contributed by atoms with Crippen molar-refractivity contribution in [2.45, 2.75) is 6.92 Å². The number of nitriles is 1. The second-order valence-corrected chi connectivity index (χ2v) is 8.05. The molecule has 0 aliphatic carbocycles. The summed E-state index contributed by atoms with van der Waals surface area (Å²) < 4.78 is 11.9. The van der Waals surface area contributed by atoms with E-state index < -0.39 is 0 Å². The highest BCUT2D eigenvalue weighted by molar-refractivity contribution is 5.79. The third-order valence-corrected chi connectivity index (χ3v) is 5.78. The number of rotatable bonds is 5. The van der Waals surface area contributed by atoms with E-state index >= 15 is 0 Å². The fraction of sp³-hybridized carbons (Fsp3) is 0.179. The van der Waals surface area contributed by atoms with Crippen molar-refractivity contribution in [1.82, 2.24) is 9.97 Å². The number of ether oxygens (including phenoxy) is 2. The molecule has 1 saturated heterocycles. The molecule has 6 nitrogen and oxygen atoms in total. The average Bonchev–Trinajstić information content (AvgIpc) is 2.89. The normalized spacial score (nSPS) is 13.4. The Labute approximate surface area is 199 Å². The van der Waals surface area contributed by atoms with Crippen LogP contribution in [0.3, 0.4) is 0 Å². The third-order valence-electron chi connectivity index (χ3n) is 5.78. The van der Waals surface area contributed by atoms with Crippen molar-refractivity contribution in [3.63, 3.8) is 0 Å². The molecule has 34 heavy (non-hydrogen) atoms. The minimum Gasteiger partial charge on any atom is -0.438 e. The van der Waals surface area contributed by atoms with Crippen LogP contribution in [-0.2, 0) is 4.74 Å². The molecule has 0 radical (unpaired) electrons. The van der Waals surface area contributed by atoms with Gasteiger partial charge in [0.15, 0.2) is 0 Å². The number of anilines is 1. The Morgan fingerprint density at radius 3 is 2.41 bits per heavy atom. The molecular weight excluding hydrogens is 424 g/mol. The van der Waals surface area contributed by atoms with Gasteiger partial charge in [0.25, 0.3) is 0 Å². The summed E-state index contributed by atoms with van der Waals surface area (Å²) in [6, 6.07) is 27.9. The molecule has 2 heterocycles. The quantitative estimate of drug-likeness (QED) is 0.395. The monoisotopic (exact) mass is 448 g/mol. The fourth-order valence-corrected chi connectivity index (χ4v) is 4.10.